The molecule has 26 heavy (non-hydrogen) atoms. The van der Waals surface area contributed by atoms with Crippen LogP contribution in [0.3, 0.4) is 0 Å². The summed E-state index contributed by atoms with van der Waals surface area (Å²) in [4.78, 5) is 12.0. The number of fused-ring (bicyclic) bond motifs is 1. The third-order valence-electron chi connectivity index (χ3n) is 5.14. The van der Waals surface area contributed by atoms with Gasteiger partial charge in [-0.3, -0.25) is 0 Å². The maximum atomic E-state index is 5.41. The third kappa shape index (κ3) is 4.92. The molecule has 0 spiro atoms. The van der Waals surface area contributed by atoms with Gasteiger partial charge in [-0.1, -0.05) is 12.1 Å². The van der Waals surface area contributed by atoms with E-state index in [9.17, 15) is 0 Å². The second-order valence-corrected chi connectivity index (χ2v) is 7.25. The summed E-state index contributed by atoms with van der Waals surface area (Å²) < 4.78 is 5.41. The number of nitrogens with zero attached hydrogens (tertiary/aromatic N) is 3. The van der Waals surface area contributed by atoms with Gasteiger partial charge < -0.3 is 15.0 Å². The number of aryl methyl sites for hydroxylation is 2. The van der Waals surface area contributed by atoms with Crippen molar-refractivity contribution >= 4 is 16.9 Å². The van der Waals surface area contributed by atoms with Crippen molar-refractivity contribution in [3.63, 3.8) is 0 Å². The second kappa shape index (κ2) is 9.28. The Labute approximate surface area is 157 Å². The summed E-state index contributed by atoms with van der Waals surface area (Å²) >= 11 is 0. The summed E-state index contributed by atoms with van der Waals surface area (Å²) in [7, 11) is 0. The van der Waals surface area contributed by atoms with Crippen LogP contribution in [0, 0.1) is 13.8 Å². The molecule has 0 aliphatic carbocycles. The van der Waals surface area contributed by atoms with Gasteiger partial charge in [-0.15, -0.1) is 0 Å². The van der Waals surface area contributed by atoms with Gasteiger partial charge in [-0.2, -0.15) is 0 Å². The van der Waals surface area contributed by atoms with Crippen LogP contribution in [0.15, 0.2) is 18.2 Å². The Morgan fingerprint density at radius 3 is 2.92 bits per heavy atom. The number of hydrogen-bond donors (Lipinski definition) is 1. The quantitative estimate of drug-likeness (QED) is 0.768. The molecule has 0 radical (unpaired) electrons. The van der Waals surface area contributed by atoms with Crippen molar-refractivity contribution < 1.29 is 4.74 Å². The summed E-state index contributed by atoms with van der Waals surface area (Å²) in [5, 5.41) is 4.85. The summed E-state index contributed by atoms with van der Waals surface area (Å²) in [6, 6.07) is 7.01. The first-order valence-electron chi connectivity index (χ1n) is 9.98. The van der Waals surface area contributed by atoms with E-state index in [4.69, 9.17) is 14.7 Å². The number of rotatable bonds is 7. The highest BCUT2D eigenvalue weighted by Crippen LogP contribution is 2.22. The van der Waals surface area contributed by atoms with Gasteiger partial charge >= 0.3 is 0 Å². The number of ether oxygens (including phenoxy) is 1. The highest BCUT2D eigenvalue weighted by Gasteiger charge is 2.19. The lowest BCUT2D eigenvalue weighted by molar-refractivity contribution is 0.144. The van der Waals surface area contributed by atoms with Crippen LogP contribution in [-0.4, -0.2) is 48.9 Å². The van der Waals surface area contributed by atoms with Gasteiger partial charge in [0.25, 0.3) is 0 Å². The fourth-order valence-electron chi connectivity index (χ4n) is 3.65. The predicted molar refractivity (Wildman–Crippen MR) is 108 cm³/mol. The number of benzene rings is 1. The zero-order valence-electron chi connectivity index (χ0n) is 16.4. The van der Waals surface area contributed by atoms with Gasteiger partial charge in [0.15, 0.2) is 0 Å². The lowest BCUT2D eigenvalue weighted by Crippen LogP contribution is -2.32. The molecule has 0 unspecified atom stereocenters. The smallest absolute Gasteiger partial charge is 0.226 e. The molecule has 3 rings (SSSR count). The normalized spacial score (nSPS) is 18.3. The first-order chi connectivity index (χ1) is 12.7. The monoisotopic (exact) mass is 356 g/mol. The van der Waals surface area contributed by atoms with Crippen LogP contribution < -0.4 is 10.2 Å². The fourth-order valence-corrected chi connectivity index (χ4v) is 3.65. The number of aromatic nitrogens is 2. The topological polar surface area (TPSA) is 50.3 Å². The zero-order chi connectivity index (χ0) is 18.4. The Hall–Kier alpha value is -1.72. The van der Waals surface area contributed by atoms with Crippen molar-refractivity contribution in [3.05, 3.63) is 29.5 Å². The maximum absolute atomic E-state index is 5.41. The molecule has 2 aromatic rings. The molecule has 1 aromatic carbocycles. The molecule has 5 nitrogen and oxygen atoms in total. The largest absolute Gasteiger partial charge is 0.382 e. The minimum absolute atomic E-state index is 0.588. The molecular formula is C21H32N4O. The van der Waals surface area contributed by atoms with E-state index < -0.39 is 0 Å². The number of anilines is 1. The molecular weight excluding hydrogens is 324 g/mol. The van der Waals surface area contributed by atoms with Crippen LogP contribution in [0.4, 0.5) is 5.95 Å². The van der Waals surface area contributed by atoms with E-state index in [0.717, 1.165) is 68.2 Å². The molecule has 142 valence electrons. The fraction of sp³-hybridized carbons (Fsp3) is 0.619. The van der Waals surface area contributed by atoms with Gasteiger partial charge in [0.05, 0.1) is 11.2 Å². The minimum Gasteiger partial charge on any atom is -0.382 e. The Bertz CT molecular complexity index is 718. The third-order valence-corrected chi connectivity index (χ3v) is 5.14. The summed E-state index contributed by atoms with van der Waals surface area (Å²) in [6.45, 7) is 11.0. The molecule has 1 fully saturated rings. The van der Waals surface area contributed by atoms with Gasteiger partial charge in [-0.05, 0) is 64.6 Å². The molecule has 1 aliphatic heterocycles. The van der Waals surface area contributed by atoms with Crippen LogP contribution in [0.25, 0.3) is 10.9 Å². The lowest BCUT2D eigenvalue weighted by atomic mass is 10.1. The van der Waals surface area contributed by atoms with Crippen molar-refractivity contribution in [1.82, 2.24) is 15.3 Å². The molecule has 1 atom stereocenters. The average Bonchev–Trinajstić information content (AvgIpc) is 2.87. The van der Waals surface area contributed by atoms with Crippen molar-refractivity contribution in [1.29, 1.82) is 0 Å². The molecule has 5 heteroatoms. The Kier molecular flexibility index (Phi) is 6.80. The molecule has 1 aliphatic rings. The van der Waals surface area contributed by atoms with E-state index in [1.807, 2.05) is 6.92 Å². The molecule has 0 saturated carbocycles. The Balaban J connectivity index is 1.61. The Morgan fingerprint density at radius 2 is 2.08 bits per heavy atom. The van der Waals surface area contributed by atoms with E-state index in [2.05, 4.69) is 42.3 Å². The Morgan fingerprint density at radius 1 is 1.19 bits per heavy atom. The number of hydrogen-bond acceptors (Lipinski definition) is 5. The highest BCUT2D eigenvalue weighted by molar-refractivity contribution is 5.82. The van der Waals surface area contributed by atoms with Crippen LogP contribution in [-0.2, 0) is 4.74 Å². The van der Waals surface area contributed by atoms with Gasteiger partial charge in [-0.25, -0.2) is 9.97 Å². The molecule has 1 N–H and O–H groups in total. The maximum Gasteiger partial charge on any atom is 0.226 e. The SMILES string of the molecule is CCOCCCN[C@H]1CCCN(c2nc(C)c3ccc(C)cc3n2)CC1. The van der Waals surface area contributed by atoms with Crippen LogP contribution in [0.1, 0.15) is 43.9 Å². The van der Waals surface area contributed by atoms with Gasteiger partial charge in [0, 0.05) is 37.7 Å². The summed E-state index contributed by atoms with van der Waals surface area (Å²) in [6.07, 6.45) is 4.62. The average molecular weight is 357 g/mol. The first-order valence-corrected chi connectivity index (χ1v) is 9.98. The van der Waals surface area contributed by atoms with E-state index in [1.54, 1.807) is 0 Å². The van der Waals surface area contributed by atoms with Crippen molar-refractivity contribution in [2.75, 3.05) is 37.7 Å². The van der Waals surface area contributed by atoms with Crippen molar-refractivity contribution in [3.8, 4) is 0 Å². The first kappa shape index (κ1) is 19.1. The van der Waals surface area contributed by atoms with Crippen LogP contribution >= 0.6 is 0 Å². The van der Waals surface area contributed by atoms with E-state index in [1.165, 1.54) is 18.4 Å². The minimum atomic E-state index is 0.588. The van der Waals surface area contributed by atoms with Crippen molar-refractivity contribution in [2.45, 2.75) is 52.5 Å². The highest BCUT2D eigenvalue weighted by atomic mass is 16.5. The van der Waals surface area contributed by atoms with E-state index >= 15 is 0 Å². The number of nitrogens with one attached hydrogen (secondary N) is 1. The summed E-state index contributed by atoms with van der Waals surface area (Å²) in [5.74, 6) is 0.887. The molecule has 1 aromatic heterocycles. The molecule has 2 heterocycles. The van der Waals surface area contributed by atoms with Crippen LogP contribution in [0.2, 0.25) is 0 Å². The summed E-state index contributed by atoms with van der Waals surface area (Å²) in [5.41, 5.74) is 3.37. The van der Waals surface area contributed by atoms with Crippen molar-refractivity contribution in [2.24, 2.45) is 0 Å². The molecule has 0 amide bonds. The van der Waals surface area contributed by atoms with E-state index in [-0.39, 0.29) is 0 Å². The van der Waals surface area contributed by atoms with Gasteiger partial charge in [0.2, 0.25) is 5.95 Å². The van der Waals surface area contributed by atoms with Gasteiger partial charge in [0.1, 0.15) is 0 Å². The standard InChI is InChI=1S/C21H32N4O/c1-4-26-14-6-11-22-18-7-5-12-25(13-10-18)21-23-17(3)19-9-8-16(2)15-20(19)24-21/h8-9,15,18,22H,4-7,10-14H2,1-3H3/t18-/m0/s1. The van der Waals surface area contributed by atoms with Crippen LogP contribution in [0.5, 0.6) is 0 Å². The molecule has 1 saturated heterocycles. The molecule has 0 bridgehead atoms. The predicted octanol–water partition coefficient (Wildman–Crippen LogP) is 3.62. The second-order valence-electron chi connectivity index (χ2n) is 7.25. The zero-order valence-corrected chi connectivity index (χ0v) is 16.4. The van der Waals surface area contributed by atoms with E-state index in [0.29, 0.717) is 6.04 Å². The lowest BCUT2D eigenvalue weighted by Gasteiger charge is -2.21.